The summed E-state index contributed by atoms with van der Waals surface area (Å²) in [5.41, 5.74) is 2.42. The molecule has 4 saturated carbocycles. The molecule has 0 spiro atoms. The molecule has 1 aromatic carbocycles. The highest BCUT2D eigenvalue weighted by molar-refractivity contribution is 5.81. The normalized spacial score (nSPS) is 27.5. The van der Waals surface area contributed by atoms with Gasteiger partial charge < -0.3 is 4.42 Å². The quantitative estimate of drug-likeness (QED) is 0.303. The lowest BCUT2D eigenvalue weighted by atomic mass is 9.53. The molecule has 0 N–H and O–H groups in total. The molecule has 4 aliphatic rings. The molecular formula is C25H24N6O3. The predicted octanol–water partition coefficient (Wildman–Crippen LogP) is 5.29. The Morgan fingerprint density at radius 1 is 1.03 bits per heavy atom. The van der Waals surface area contributed by atoms with Gasteiger partial charge in [0.1, 0.15) is 11.9 Å². The first-order chi connectivity index (χ1) is 16.5. The van der Waals surface area contributed by atoms with Gasteiger partial charge in [-0.2, -0.15) is 5.10 Å². The summed E-state index contributed by atoms with van der Waals surface area (Å²) in [6, 6.07) is 9.79. The number of nitrogens with zero attached hydrogens (tertiary/aromatic N) is 6. The van der Waals surface area contributed by atoms with Crippen molar-refractivity contribution in [3.8, 4) is 23.2 Å². The zero-order chi connectivity index (χ0) is 23.0. The van der Waals surface area contributed by atoms with Gasteiger partial charge in [-0.25, -0.2) is 4.98 Å². The molecule has 3 heterocycles. The van der Waals surface area contributed by atoms with Crippen LogP contribution in [0.3, 0.4) is 0 Å². The van der Waals surface area contributed by atoms with Crippen molar-refractivity contribution in [2.75, 3.05) is 0 Å². The van der Waals surface area contributed by atoms with Gasteiger partial charge in [0.25, 0.3) is 11.8 Å². The minimum atomic E-state index is -0.403. The van der Waals surface area contributed by atoms with Gasteiger partial charge in [0.15, 0.2) is 0 Å². The van der Waals surface area contributed by atoms with Crippen molar-refractivity contribution in [3.05, 3.63) is 52.2 Å². The zero-order valence-corrected chi connectivity index (χ0v) is 18.8. The Labute approximate surface area is 195 Å². The van der Waals surface area contributed by atoms with E-state index in [1.54, 1.807) is 6.20 Å². The number of benzene rings is 1. The molecule has 0 atom stereocenters. The molecule has 0 saturated heterocycles. The largest absolute Gasteiger partial charge is 0.413 e. The van der Waals surface area contributed by atoms with Crippen LogP contribution in [0.1, 0.15) is 44.1 Å². The fourth-order valence-corrected chi connectivity index (χ4v) is 7.03. The van der Waals surface area contributed by atoms with E-state index in [-0.39, 0.29) is 28.7 Å². The van der Waals surface area contributed by atoms with Gasteiger partial charge in [0, 0.05) is 5.39 Å². The highest BCUT2D eigenvalue weighted by Crippen LogP contribution is 2.59. The van der Waals surface area contributed by atoms with E-state index in [0.29, 0.717) is 23.4 Å². The molecule has 4 aromatic rings. The third-order valence-corrected chi connectivity index (χ3v) is 8.07. The van der Waals surface area contributed by atoms with Crippen molar-refractivity contribution in [1.82, 2.24) is 25.0 Å². The van der Waals surface area contributed by atoms with Crippen LogP contribution >= 0.6 is 0 Å². The number of pyridine rings is 1. The maximum absolute atomic E-state index is 11.9. The molecule has 0 unspecified atom stereocenters. The molecule has 8 rings (SSSR count). The zero-order valence-electron chi connectivity index (χ0n) is 18.8. The van der Waals surface area contributed by atoms with Crippen LogP contribution in [-0.2, 0) is 5.54 Å². The summed E-state index contributed by atoms with van der Waals surface area (Å²) < 4.78 is 7.75. The lowest BCUT2D eigenvalue weighted by Crippen LogP contribution is -2.52. The Balaban J connectivity index is 1.27. The molecule has 0 radical (unpaired) electrons. The van der Waals surface area contributed by atoms with Gasteiger partial charge in [-0.1, -0.05) is 17.7 Å². The Morgan fingerprint density at radius 2 is 1.74 bits per heavy atom. The minimum Gasteiger partial charge on any atom is -0.413 e. The van der Waals surface area contributed by atoms with E-state index >= 15 is 0 Å². The first kappa shape index (κ1) is 19.8. The Morgan fingerprint density at radius 3 is 2.44 bits per heavy atom. The van der Waals surface area contributed by atoms with Crippen LogP contribution in [0.4, 0.5) is 5.69 Å². The average molecular weight is 457 g/mol. The van der Waals surface area contributed by atoms with Gasteiger partial charge >= 0.3 is 5.69 Å². The van der Waals surface area contributed by atoms with Crippen molar-refractivity contribution in [2.45, 2.75) is 51.0 Å². The van der Waals surface area contributed by atoms with Crippen molar-refractivity contribution < 1.29 is 9.34 Å². The summed E-state index contributed by atoms with van der Waals surface area (Å²) in [5, 5.41) is 25.9. The maximum atomic E-state index is 11.9. The number of fused-ring (bicyclic) bond motifs is 1. The lowest BCUT2D eigenvalue weighted by molar-refractivity contribution is -0.384. The second kappa shape index (κ2) is 6.94. The number of nitro groups is 1. The standard InChI is InChI=1S/C25H24N6O3/c1-14-2-4-19-18(6-14)3-5-20(26-19)23-27-28-24(34-23)22-21(31(32)33)13-30(29-22)25-10-15-7-16(11-25)9-17(8-15)12-25/h2-6,13,15-17H,7-12H2,1H3. The van der Waals surface area contributed by atoms with E-state index in [4.69, 9.17) is 9.52 Å². The first-order valence-corrected chi connectivity index (χ1v) is 11.9. The van der Waals surface area contributed by atoms with Crippen LogP contribution in [0.5, 0.6) is 0 Å². The van der Waals surface area contributed by atoms with Crippen LogP contribution in [0.25, 0.3) is 34.1 Å². The van der Waals surface area contributed by atoms with Crippen molar-refractivity contribution in [1.29, 1.82) is 0 Å². The maximum Gasteiger partial charge on any atom is 0.320 e. The lowest BCUT2D eigenvalue weighted by Gasteiger charge is -2.56. The van der Waals surface area contributed by atoms with Crippen LogP contribution in [0, 0.1) is 34.8 Å². The van der Waals surface area contributed by atoms with Gasteiger partial charge in [-0.15, -0.1) is 10.2 Å². The number of hydrogen-bond donors (Lipinski definition) is 0. The van der Waals surface area contributed by atoms with E-state index in [0.717, 1.165) is 35.7 Å². The SMILES string of the molecule is Cc1ccc2nc(-c3nnc(-c4nn(C56CC7CC(CC(C7)C5)C6)cc4[N+](=O)[O-])o3)ccc2c1. The molecule has 9 heteroatoms. The van der Waals surface area contributed by atoms with E-state index < -0.39 is 4.92 Å². The number of aromatic nitrogens is 5. The average Bonchev–Trinajstić information content (AvgIpc) is 3.46. The highest BCUT2D eigenvalue weighted by atomic mass is 16.6. The van der Waals surface area contributed by atoms with Crippen LogP contribution in [0.2, 0.25) is 0 Å². The molecule has 4 fully saturated rings. The van der Waals surface area contributed by atoms with Crippen molar-refractivity contribution >= 4 is 16.6 Å². The van der Waals surface area contributed by atoms with E-state index in [1.165, 1.54) is 19.3 Å². The molecule has 0 aliphatic heterocycles. The van der Waals surface area contributed by atoms with E-state index in [9.17, 15) is 10.1 Å². The number of hydrogen-bond acceptors (Lipinski definition) is 7. The highest BCUT2D eigenvalue weighted by Gasteiger charge is 2.53. The van der Waals surface area contributed by atoms with Gasteiger partial charge in [0.2, 0.25) is 5.69 Å². The summed E-state index contributed by atoms with van der Waals surface area (Å²) in [7, 11) is 0. The second-order valence-electron chi connectivity index (χ2n) is 10.5. The summed E-state index contributed by atoms with van der Waals surface area (Å²) in [4.78, 5) is 16.2. The predicted molar refractivity (Wildman–Crippen MR) is 124 cm³/mol. The molecule has 3 aromatic heterocycles. The Bertz CT molecular complexity index is 1420. The summed E-state index contributed by atoms with van der Waals surface area (Å²) >= 11 is 0. The summed E-state index contributed by atoms with van der Waals surface area (Å²) in [6.45, 7) is 2.03. The molecule has 0 amide bonds. The topological polar surface area (TPSA) is 113 Å². The van der Waals surface area contributed by atoms with Gasteiger partial charge in [-0.3, -0.25) is 14.8 Å². The van der Waals surface area contributed by atoms with E-state index in [1.807, 2.05) is 35.9 Å². The Kier molecular flexibility index (Phi) is 4.05. The van der Waals surface area contributed by atoms with E-state index in [2.05, 4.69) is 21.2 Å². The monoisotopic (exact) mass is 456 g/mol. The molecule has 34 heavy (non-hydrogen) atoms. The van der Waals surface area contributed by atoms with Crippen LogP contribution < -0.4 is 0 Å². The van der Waals surface area contributed by atoms with Gasteiger partial charge in [0.05, 0.1) is 16.0 Å². The smallest absolute Gasteiger partial charge is 0.320 e. The van der Waals surface area contributed by atoms with Crippen LogP contribution in [0.15, 0.2) is 40.9 Å². The van der Waals surface area contributed by atoms with Gasteiger partial charge in [-0.05, 0) is 81.4 Å². The molecule has 172 valence electrons. The molecule has 4 aliphatic carbocycles. The minimum absolute atomic E-state index is 0.0518. The van der Waals surface area contributed by atoms with Crippen LogP contribution in [-0.4, -0.2) is 29.9 Å². The van der Waals surface area contributed by atoms with Crippen molar-refractivity contribution in [2.24, 2.45) is 17.8 Å². The fourth-order valence-electron chi connectivity index (χ4n) is 7.03. The Hall–Kier alpha value is -3.62. The molecule has 4 bridgehead atoms. The fraction of sp³-hybridized carbons (Fsp3) is 0.440. The summed E-state index contributed by atoms with van der Waals surface area (Å²) in [6.07, 6.45) is 8.61. The van der Waals surface area contributed by atoms with Crippen molar-refractivity contribution in [3.63, 3.8) is 0 Å². The number of aryl methyl sites for hydroxylation is 1. The third kappa shape index (κ3) is 2.99. The molecular weight excluding hydrogens is 432 g/mol. The first-order valence-electron chi connectivity index (χ1n) is 11.9. The number of rotatable bonds is 4. The second-order valence-corrected chi connectivity index (χ2v) is 10.5. The molecule has 9 nitrogen and oxygen atoms in total. The summed E-state index contributed by atoms with van der Waals surface area (Å²) in [5.74, 6) is 2.38. The third-order valence-electron chi connectivity index (χ3n) is 8.07.